The predicted molar refractivity (Wildman–Crippen MR) is 77.8 cm³/mol. The number of nitrogens with zero attached hydrogens (tertiary/aromatic N) is 1. The summed E-state index contributed by atoms with van der Waals surface area (Å²) < 4.78 is 0. The Morgan fingerprint density at radius 2 is 1.80 bits per heavy atom. The number of amides is 3. The normalized spacial score (nSPS) is 13.6. The van der Waals surface area contributed by atoms with Gasteiger partial charge in [-0.2, -0.15) is 11.8 Å². The molecule has 2 rings (SSSR count). The van der Waals surface area contributed by atoms with Crippen LogP contribution < -0.4 is 5.32 Å². The van der Waals surface area contributed by atoms with E-state index in [1.807, 2.05) is 6.26 Å². The van der Waals surface area contributed by atoms with Crippen LogP contribution in [0, 0.1) is 0 Å². The molecule has 1 aromatic carbocycles. The zero-order chi connectivity index (χ0) is 14.5. The van der Waals surface area contributed by atoms with Crippen molar-refractivity contribution in [3.63, 3.8) is 0 Å². The molecule has 6 heteroatoms. The number of imide groups is 1. The molecular formula is C14H16N2O3S. The second kappa shape index (κ2) is 6.56. The Labute approximate surface area is 121 Å². The number of rotatable bonds is 6. The number of fused-ring (bicyclic) bond motifs is 1. The third-order valence-corrected chi connectivity index (χ3v) is 3.68. The maximum Gasteiger partial charge on any atom is 0.261 e. The van der Waals surface area contributed by atoms with Crippen LogP contribution in [-0.4, -0.2) is 47.7 Å². The monoisotopic (exact) mass is 292 g/mol. The van der Waals surface area contributed by atoms with Crippen molar-refractivity contribution < 1.29 is 14.4 Å². The second-order valence-electron chi connectivity index (χ2n) is 4.40. The first-order valence-electron chi connectivity index (χ1n) is 6.36. The van der Waals surface area contributed by atoms with Gasteiger partial charge in [-0.25, -0.2) is 0 Å². The highest BCUT2D eigenvalue weighted by Crippen LogP contribution is 2.22. The van der Waals surface area contributed by atoms with Crippen LogP contribution in [0.1, 0.15) is 27.1 Å². The van der Waals surface area contributed by atoms with Crippen molar-refractivity contribution in [1.29, 1.82) is 0 Å². The molecule has 0 atom stereocenters. The maximum atomic E-state index is 12.1. The molecule has 1 N–H and O–H groups in total. The smallest absolute Gasteiger partial charge is 0.261 e. The van der Waals surface area contributed by atoms with E-state index in [1.165, 1.54) is 0 Å². The van der Waals surface area contributed by atoms with Gasteiger partial charge in [-0.05, 0) is 18.4 Å². The van der Waals surface area contributed by atoms with Crippen molar-refractivity contribution in [2.75, 3.05) is 25.1 Å². The van der Waals surface area contributed by atoms with E-state index in [-0.39, 0.29) is 30.7 Å². The average Bonchev–Trinajstić information content (AvgIpc) is 2.70. The van der Waals surface area contributed by atoms with E-state index in [2.05, 4.69) is 5.32 Å². The Morgan fingerprint density at radius 3 is 2.35 bits per heavy atom. The molecule has 3 amide bonds. The van der Waals surface area contributed by atoms with Crippen LogP contribution in [0.5, 0.6) is 0 Å². The van der Waals surface area contributed by atoms with Gasteiger partial charge in [-0.15, -0.1) is 0 Å². The number of carbonyl (C=O) groups is 3. The molecule has 1 heterocycles. The summed E-state index contributed by atoms with van der Waals surface area (Å²) in [6, 6.07) is 6.72. The lowest BCUT2D eigenvalue weighted by Crippen LogP contribution is -2.35. The predicted octanol–water partition coefficient (Wildman–Crippen LogP) is 1.15. The molecule has 5 nitrogen and oxygen atoms in total. The van der Waals surface area contributed by atoms with E-state index in [4.69, 9.17) is 0 Å². The lowest BCUT2D eigenvalue weighted by Gasteiger charge is -2.13. The van der Waals surface area contributed by atoms with Crippen LogP contribution in [0.25, 0.3) is 0 Å². The standard InChI is InChI=1S/C14H16N2O3S/c1-20-9-7-15-12(17)6-8-16-13(18)10-4-2-3-5-11(10)14(16)19/h2-5H,6-9H2,1H3,(H,15,17). The number of carbonyl (C=O) groups excluding carboxylic acids is 3. The Hall–Kier alpha value is -1.82. The molecule has 0 bridgehead atoms. The first kappa shape index (κ1) is 14.6. The summed E-state index contributed by atoms with van der Waals surface area (Å²) in [4.78, 5) is 36.8. The van der Waals surface area contributed by atoms with E-state index in [0.29, 0.717) is 17.7 Å². The molecule has 0 saturated heterocycles. The number of hydrogen-bond acceptors (Lipinski definition) is 4. The van der Waals surface area contributed by atoms with Crippen LogP contribution in [0.15, 0.2) is 24.3 Å². The van der Waals surface area contributed by atoms with Gasteiger partial charge in [0.1, 0.15) is 0 Å². The number of thioether (sulfide) groups is 1. The largest absolute Gasteiger partial charge is 0.355 e. The van der Waals surface area contributed by atoms with E-state index in [9.17, 15) is 14.4 Å². The van der Waals surface area contributed by atoms with Crippen molar-refractivity contribution in [3.8, 4) is 0 Å². The molecule has 0 spiro atoms. The number of hydrogen-bond donors (Lipinski definition) is 1. The second-order valence-corrected chi connectivity index (χ2v) is 5.39. The summed E-state index contributed by atoms with van der Waals surface area (Å²) in [5.74, 6) is 0.0688. The molecule has 20 heavy (non-hydrogen) atoms. The summed E-state index contributed by atoms with van der Waals surface area (Å²) in [6.07, 6.45) is 2.10. The van der Waals surface area contributed by atoms with Crippen molar-refractivity contribution in [2.24, 2.45) is 0 Å². The van der Waals surface area contributed by atoms with Crippen molar-refractivity contribution in [3.05, 3.63) is 35.4 Å². The highest BCUT2D eigenvalue weighted by molar-refractivity contribution is 7.98. The van der Waals surface area contributed by atoms with Gasteiger partial charge in [0, 0.05) is 25.3 Å². The topological polar surface area (TPSA) is 66.5 Å². The van der Waals surface area contributed by atoms with Crippen LogP contribution in [0.3, 0.4) is 0 Å². The van der Waals surface area contributed by atoms with E-state index >= 15 is 0 Å². The van der Waals surface area contributed by atoms with E-state index < -0.39 is 0 Å². The van der Waals surface area contributed by atoms with Crippen LogP contribution >= 0.6 is 11.8 Å². The third-order valence-electron chi connectivity index (χ3n) is 3.07. The van der Waals surface area contributed by atoms with Crippen molar-refractivity contribution >= 4 is 29.5 Å². The molecule has 106 valence electrons. The van der Waals surface area contributed by atoms with Gasteiger partial charge < -0.3 is 5.32 Å². The van der Waals surface area contributed by atoms with Crippen LogP contribution in [-0.2, 0) is 4.79 Å². The third kappa shape index (κ3) is 3.01. The molecule has 1 aliphatic heterocycles. The minimum absolute atomic E-state index is 0.122. The molecule has 1 aromatic rings. The first-order chi connectivity index (χ1) is 9.65. The Bertz CT molecular complexity index is 510. The fraction of sp³-hybridized carbons (Fsp3) is 0.357. The molecule has 0 unspecified atom stereocenters. The quantitative estimate of drug-likeness (QED) is 0.631. The number of nitrogens with one attached hydrogen (secondary N) is 1. The SMILES string of the molecule is CSCCNC(=O)CCN1C(=O)c2ccccc2C1=O. The lowest BCUT2D eigenvalue weighted by molar-refractivity contribution is -0.121. The van der Waals surface area contributed by atoms with Crippen LogP contribution in [0.2, 0.25) is 0 Å². The molecule has 0 radical (unpaired) electrons. The van der Waals surface area contributed by atoms with Gasteiger partial charge in [-0.3, -0.25) is 19.3 Å². The van der Waals surface area contributed by atoms with Gasteiger partial charge >= 0.3 is 0 Å². The summed E-state index contributed by atoms with van der Waals surface area (Å²) in [5.41, 5.74) is 0.834. The number of benzene rings is 1. The minimum atomic E-state index is -0.317. The highest BCUT2D eigenvalue weighted by atomic mass is 32.2. The van der Waals surface area contributed by atoms with Crippen molar-refractivity contribution in [1.82, 2.24) is 10.2 Å². The fourth-order valence-corrected chi connectivity index (χ4v) is 2.34. The summed E-state index contributed by atoms with van der Waals surface area (Å²) in [5, 5.41) is 2.75. The summed E-state index contributed by atoms with van der Waals surface area (Å²) in [6.45, 7) is 0.722. The van der Waals surface area contributed by atoms with Gasteiger partial charge in [0.05, 0.1) is 11.1 Å². The molecule has 0 aliphatic carbocycles. The Balaban J connectivity index is 1.91. The average molecular weight is 292 g/mol. The van der Waals surface area contributed by atoms with Gasteiger partial charge in [-0.1, -0.05) is 12.1 Å². The van der Waals surface area contributed by atoms with Gasteiger partial charge in [0.25, 0.3) is 11.8 Å². The zero-order valence-electron chi connectivity index (χ0n) is 11.2. The van der Waals surface area contributed by atoms with Crippen molar-refractivity contribution in [2.45, 2.75) is 6.42 Å². The summed E-state index contributed by atoms with van der Waals surface area (Å²) >= 11 is 1.65. The molecular weight excluding hydrogens is 276 g/mol. The lowest BCUT2D eigenvalue weighted by atomic mass is 10.1. The molecule has 0 aromatic heterocycles. The maximum absolute atomic E-state index is 12.1. The Kier molecular flexibility index (Phi) is 4.79. The minimum Gasteiger partial charge on any atom is -0.355 e. The highest BCUT2D eigenvalue weighted by Gasteiger charge is 2.34. The van der Waals surface area contributed by atoms with Gasteiger partial charge in [0.15, 0.2) is 0 Å². The van der Waals surface area contributed by atoms with E-state index in [1.54, 1.807) is 36.0 Å². The van der Waals surface area contributed by atoms with Gasteiger partial charge in [0.2, 0.25) is 5.91 Å². The fourth-order valence-electron chi connectivity index (χ4n) is 2.04. The molecule has 0 saturated carbocycles. The molecule has 0 fully saturated rings. The zero-order valence-corrected chi connectivity index (χ0v) is 12.0. The first-order valence-corrected chi connectivity index (χ1v) is 7.75. The summed E-state index contributed by atoms with van der Waals surface area (Å²) in [7, 11) is 0. The molecule has 1 aliphatic rings. The van der Waals surface area contributed by atoms with E-state index in [0.717, 1.165) is 10.7 Å². The van der Waals surface area contributed by atoms with Crippen LogP contribution in [0.4, 0.5) is 0 Å². The Morgan fingerprint density at radius 1 is 1.20 bits per heavy atom.